The number of aromatic nitrogens is 2. The Bertz CT molecular complexity index is 933. The highest BCUT2D eigenvalue weighted by Gasteiger charge is 2.23. The van der Waals surface area contributed by atoms with E-state index in [1.165, 1.54) is 11.3 Å². The van der Waals surface area contributed by atoms with Crippen LogP contribution in [0.5, 0.6) is 0 Å². The third-order valence-electron chi connectivity index (χ3n) is 5.62. The molecule has 1 atom stereocenters. The summed E-state index contributed by atoms with van der Waals surface area (Å²) >= 11 is 0. The molecular weight excluding hydrogens is 380 g/mol. The lowest BCUT2D eigenvalue weighted by molar-refractivity contribution is 0.127. The molecule has 0 radical (unpaired) electrons. The van der Waals surface area contributed by atoms with Crippen molar-refractivity contribution in [2.24, 2.45) is 0 Å². The topological polar surface area (TPSA) is 79.5 Å². The zero-order valence-electron chi connectivity index (χ0n) is 15.8. The van der Waals surface area contributed by atoms with Gasteiger partial charge in [-0.25, -0.2) is 9.59 Å². The van der Waals surface area contributed by atoms with Crippen LogP contribution in [0.1, 0.15) is 32.1 Å². The summed E-state index contributed by atoms with van der Waals surface area (Å²) in [4.78, 5) is 25.9. The number of hydrogen-bond donors (Lipinski definition) is 2. The first-order valence-electron chi connectivity index (χ1n) is 9.76. The number of nitrogens with zero attached hydrogens (tertiary/aromatic N) is 3. The Morgan fingerprint density at radius 2 is 2.00 bits per heavy atom. The molecule has 8 heteroatoms. The van der Waals surface area contributed by atoms with Gasteiger partial charge >= 0.3 is 11.8 Å². The number of nitrogens with one attached hydrogen (secondary N) is 1. The maximum Gasteiger partial charge on any atom is 0.407 e. The second-order valence-corrected chi connectivity index (χ2v) is 7.37. The normalized spacial score (nSPS) is 19.9. The quantitative estimate of drug-likeness (QED) is 0.818. The first-order valence-corrected chi connectivity index (χ1v) is 9.76. The highest BCUT2D eigenvalue weighted by atomic mass is 35.5. The van der Waals surface area contributed by atoms with E-state index in [4.69, 9.17) is 0 Å². The van der Waals surface area contributed by atoms with Gasteiger partial charge in [0, 0.05) is 37.9 Å². The van der Waals surface area contributed by atoms with Gasteiger partial charge in [0.25, 0.3) is 0 Å². The van der Waals surface area contributed by atoms with Crippen LogP contribution in [-0.4, -0.2) is 50.9 Å². The SMILES string of the molecule is Cl.O=C(O)N1CCN[C@H](CCn2c(=O)n(C3=CCCCC3)c3ccccc32)C1. The summed E-state index contributed by atoms with van der Waals surface area (Å²) in [5, 5.41) is 12.6. The van der Waals surface area contributed by atoms with Crippen LogP contribution in [0.25, 0.3) is 16.7 Å². The number of halogens is 1. The number of carboxylic acid groups (broad SMARTS) is 1. The van der Waals surface area contributed by atoms with Crippen molar-refractivity contribution in [1.82, 2.24) is 19.4 Å². The molecule has 1 amide bonds. The van der Waals surface area contributed by atoms with Crippen molar-refractivity contribution >= 4 is 35.2 Å². The van der Waals surface area contributed by atoms with Crippen LogP contribution in [0.3, 0.4) is 0 Å². The first-order chi connectivity index (χ1) is 13.1. The lowest BCUT2D eigenvalue weighted by Crippen LogP contribution is -2.52. The Balaban J connectivity index is 0.00000225. The monoisotopic (exact) mass is 406 g/mol. The van der Waals surface area contributed by atoms with Gasteiger partial charge in [-0.2, -0.15) is 0 Å². The van der Waals surface area contributed by atoms with Gasteiger partial charge < -0.3 is 15.3 Å². The number of amides is 1. The molecule has 0 bridgehead atoms. The Morgan fingerprint density at radius 1 is 1.21 bits per heavy atom. The van der Waals surface area contributed by atoms with Crippen LogP contribution in [0, 0.1) is 0 Å². The van der Waals surface area contributed by atoms with Crippen LogP contribution in [-0.2, 0) is 6.54 Å². The van der Waals surface area contributed by atoms with E-state index in [2.05, 4.69) is 11.4 Å². The van der Waals surface area contributed by atoms with E-state index in [-0.39, 0.29) is 24.1 Å². The summed E-state index contributed by atoms with van der Waals surface area (Å²) < 4.78 is 3.71. The van der Waals surface area contributed by atoms with Gasteiger partial charge in [-0.05, 0) is 44.2 Å². The van der Waals surface area contributed by atoms with Crippen molar-refractivity contribution in [1.29, 1.82) is 0 Å². The van der Waals surface area contributed by atoms with Crippen molar-refractivity contribution in [3.8, 4) is 0 Å². The molecule has 1 fully saturated rings. The number of rotatable bonds is 4. The largest absolute Gasteiger partial charge is 0.465 e. The number of benzene rings is 1. The second kappa shape index (κ2) is 8.84. The van der Waals surface area contributed by atoms with Crippen LogP contribution >= 0.6 is 12.4 Å². The highest BCUT2D eigenvalue weighted by Crippen LogP contribution is 2.25. The molecule has 1 aliphatic heterocycles. The summed E-state index contributed by atoms with van der Waals surface area (Å²) in [6.07, 6.45) is 6.30. The number of piperazine rings is 1. The standard InChI is InChI=1S/C20H26N4O3.ClH/c25-19-23(12-10-15-14-22(20(26)27)13-11-21-15)17-8-4-5-9-18(17)24(19)16-6-2-1-3-7-16;/h4-6,8-9,15,21H,1-3,7,10-14H2,(H,26,27);1H/t15-;/m1./s1. The molecule has 1 aliphatic carbocycles. The summed E-state index contributed by atoms with van der Waals surface area (Å²) in [6, 6.07) is 8.00. The van der Waals surface area contributed by atoms with Crippen molar-refractivity contribution < 1.29 is 9.90 Å². The Labute approximate surface area is 170 Å². The minimum absolute atomic E-state index is 0. The van der Waals surface area contributed by atoms with E-state index in [9.17, 15) is 14.7 Å². The lowest BCUT2D eigenvalue weighted by atomic mass is 10.0. The van der Waals surface area contributed by atoms with Gasteiger partial charge in [0.05, 0.1) is 11.0 Å². The highest BCUT2D eigenvalue weighted by molar-refractivity contribution is 5.85. The van der Waals surface area contributed by atoms with E-state index in [0.717, 1.165) is 42.4 Å². The van der Waals surface area contributed by atoms with Gasteiger partial charge in [0.2, 0.25) is 0 Å². The molecule has 2 heterocycles. The number of carbonyl (C=O) groups is 1. The zero-order chi connectivity index (χ0) is 18.8. The van der Waals surface area contributed by atoms with Gasteiger partial charge in [-0.3, -0.25) is 9.13 Å². The first kappa shape index (κ1) is 20.5. The van der Waals surface area contributed by atoms with Crippen molar-refractivity contribution in [2.45, 2.75) is 44.7 Å². The van der Waals surface area contributed by atoms with Crippen LogP contribution < -0.4 is 11.0 Å². The van der Waals surface area contributed by atoms with Crippen molar-refractivity contribution in [3.05, 3.63) is 40.8 Å². The van der Waals surface area contributed by atoms with Crippen LogP contribution in [0.4, 0.5) is 4.79 Å². The number of aryl methyl sites for hydroxylation is 1. The minimum Gasteiger partial charge on any atom is -0.465 e. The van der Waals surface area contributed by atoms with Gasteiger partial charge in [0.1, 0.15) is 0 Å². The zero-order valence-corrected chi connectivity index (χ0v) is 16.7. The smallest absolute Gasteiger partial charge is 0.407 e. The molecule has 0 spiro atoms. The predicted octanol–water partition coefficient (Wildman–Crippen LogP) is 2.98. The van der Waals surface area contributed by atoms with Gasteiger partial charge in [-0.1, -0.05) is 18.2 Å². The average Bonchev–Trinajstić information content (AvgIpc) is 2.98. The fraction of sp³-hybridized carbons (Fsp3) is 0.500. The molecule has 1 saturated heterocycles. The molecule has 0 unspecified atom stereocenters. The number of fused-ring (bicyclic) bond motifs is 1. The van der Waals surface area contributed by atoms with Gasteiger partial charge in [-0.15, -0.1) is 12.4 Å². The Morgan fingerprint density at radius 3 is 2.71 bits per heavy atom. The number of allylic oxidation sites excluding steroid dienone is 2. The van der Waals surface area contributed by atoms with Crippen LogP contribution in [0.15, 0.2) is 35.1 Å². The summed E-state index contributed by atoms with van der Waals surface area (Å²) in [5.74, 6) is 0. The number of imidazole rings is 1. The Kier molecular flexibility index (Phi) is 6.46. The molecular formula is C20H27ClN4O3. The van der Waals surface area contributed by atoms with Crippen molar-refractivity contribution in [3.63, 3.8) is 0 Å². The average molecular weight is 407 g/mol. The molecule has 152 valence electrons. The summed E-state index contributed by atoms with van der Waals surface area (Å²) in [6.45, 7) is 2.21. The molecule has 2 aromatic rings. The summed E-state index contributed by atoms with van der Waals surface area (Å²) in [7, 11) is 0. The van der Waals surface area contributed by atoms with E-state index in [0.29, 0.717) is 26.2 Å². The molecule has 0 saturated carbocycles. The molecule has 7 nitrogen and oxygen atoms in total. The van der Waals surface area contributed by atoms with E-state index >= 15 is 0 Å². The van der Waals surface area contributed by atoms with Gasteiger partial charge in [0.15, 0.2) is 0 Å². The molecule has 4 rings (SSSR count). The third kappa shape index (κ3) is 3.95. The van der Waals surface area contributed by atoms with E-state index < -0.39 is 6.09 Å². The lowest BCUT2D eigenvalue weighted by Gasteiger charge is -2.31. The maximum absolute atomic E-state index is 13.2. The summed E-state index contributed by atoms with van der Waals surface area (Å²) in [5.41, 5.74) is 3.02. The Hall–Kier alpha value is -2.25. The predicted molar refractivity (Wildman–Crippen MR) is 112 cm³/mol. The maximum atomic E-state index is 13.2. The fourth-order valence-corrected chi connectivity index (χ4v) is 4.20. The molecule has 1 aromatic heterocycles. The molecule has 2 aliphatic rings. The van der Waals surface area contributed by atoms with E-state index in [1.807, 2.05) is 33.4 Å². The second-order valence-electron chi connectivity index (χ2n) is 7.37. The number of para-hydroxylation sites is 2. The third-order valence-corrected chi connectivity index (χ3v) is 5.62. The minimum atomic E-state index is -0.875. The molecule has 2 N–H and O–H groups in total. The van der Waals surface area contributed by atoms with E-state index in [1.54, 1.807) is 0 Å². The van der Waals surface area contributed by atoms with Crippen molar-refractivity contribution in [2.75, 3.05) is 19.6 Å². The molecule has 1 aromatic carbocycles. The fourth-order valence-electron chi connectivity index (χ4n) is 4.20. The number of hydrogen-bond acceptors (Lipinski definition) is 3. The van der Waals surface area contributed by atoms with Crippen LogP contribution in [0.2, 0.25) is 0 Å². The molecule has 28 heavy (non-hydrogen) atoms.